The number of carbonyl (C=O) groups excluding carboxylic acids is 4. The van der Waals surface area contributed by atoms with E-state index < -0.39 is 23.8 Å². The number of esters is 1. The number of carbonyl (C=O) groups is 4. The van der Waals surface area contributed by atoms with Crippen LogP contribution in [0.3, 0.4) is 0 Å². The average Bonchev–Trinajstić information content (AvgIpc) is 3.23. The van der Waals surface area contributed by atoms with Crippen LogP contribution in [0.2, 0.25) is 0 Å². The molecule has 184 valence electrons. The maximum Gasteiger partial charge on any atom is 0.337 e. The van der Waals surface area contributed by atoms with Crippen molar-refractivity contribution in [3.63, 3.8) is 0 Å². The summed E-state index contributed by atoms with van der Waals surface area (Å²) in [5.41, 5.74) is 3.02. The normalized spacial score (nSPS) is 14.8. The van der Waals surface area contributed by atoms with Crippen LogP contribution in [0.4, 0.5) is 10.5 Å². The second kappa shape index (κ2) is 9.87. The molecule has 9 heteroatoms. The summed E-state index contributed by atoms with van der Waals surface area (Å²) in [6.07, 6.45) is 3.34. The van der Waals surface area contributed by atoms with Crippen molar-refractivity contribution in [1.29, 1.82) is 0 Å². The van der Waals surface area contributed by atoms with Crippen LogP contribution in [0.15, 0.2) is 89.0 Å². The van der Waals surface area contributed by atoms with Gasteiger partial charge in [0.15, 0.2) is 0 Å². The Kier molecular flexibility index (Phi) is 6.45. The standard InChI is InChI=1S/C28H20BrN3O5/c1-37-27(35)18-7-4-6-17(12-18)15-31-16-19(22-10-2-3-11-24(22)31)13-23-25(33)30-28(36)32(26(23)34)21-9-5-8-20(29)14-21/h2-14,16H,15H2,1H3,(H,30,33,36)/b23-13+. The van der Waals surface area contributed by atoms with Gasteiger partial charge in [0.25, 0.3) is 11.8 Å². The summed E-state index contributed by atoms with van der Waals surface area (Å²) in [7, 11) is 1.34. The maximum atomic E-state index is 13.3. The minimum absolute atomic E-state index is 0.157. The van der Waals surface area contributed by atoms with Crippen LogP contribution in [0.5, 0.6) is 0 Å². The van der Waals surface area contributed by atoms with Gasteiger partial charge in [0.1, 0.15) is 5.57 Å². The second-order valence-electron chi connectivity index (χ2n) is 8.36. The molecule has 2 heterocycles. The van der Waals surface area contributed by atoms with Crippen molar-refractivity contribution < 1.29 is 23.9 Å². The molecule has 0 bridgehead atoms. The van der Waals surface area contributed by atoms with Crippen molar-refractivity contribution in [2.45, 2.75) is 6.54 Å². The third kappa shape index (κ3) is 4.68. The Bertz CT molecular complexity index is 1620. The van der Waals surface area contributed by atoms with Crippen LogP contribution in [0, 0.1) is 0 Å². The number of urea groups is 1. The van der Waals surface area contributed by atoms with Gasteiger partial charge in [-0.1, -0.05) is 52.3 Å². The van der Waals surface area contributed by atoms with Crippen LogP contribution in [-0.4, -0.2) is 35.5 Å². The fourth-order valence-electron chi connectivity index (χ4n) is 4.29. The van der Waals surface area contributed by atoms with Crippen LogP contribution in [0.1, 0.15) is 21.5 Å². The smallest absolute Gasteiger partial charge is 0.337 e. The highest BCUT2D eigenvalue weighted by atomic mass is 79.9. The number of barbiturate groups is 1. The average molecular weight is 558 g/mol. The Labute approximate surface area is 220 Å². The van der Waals surface area contributed by atoms with E-state index in [1.165, 1.54) is 13.2 Å². The lowest BCUT2D eigenvalue weighted by Gasteiger charge is -2.26. The number of nitrogens with one attached hydrogen (secondary N) is 1. The lowest BCUT2D eigenvalue weighted by atomic mass is 10.1. The number of hydrogen-bond donors (Lipinski definition) is 1. The molecule has 1 fully saturated rings. The minimum Gasteiger partial charge on any atom is -0.465 e. The SMILES string of the molecule is COC(=O)c1cccc(Cn2cc(/C=C3\C(=O)NC(=O)N(c4cccc(Br)c4)C3=O)c3ccccc32)c1. The maximum absolute atomic E-state index is 13.3. The van der Waals surface area contributed by atoms with Gasteiger partial charge in [-0.2, -0.15) is 0 Å². The molecule has 0 unspecified atom stereocenters. The van der Waals surface area contributed by atoms with E-state index in [-0.39, 0.29) is 5.57 Å². The Hall–Kier alpha value is -4.50. The number of fused-ring (bicyclic) bond motifs is 1. The van der Waals surface area contributed by atoms with Crippen LogP contribution < -0.4 is 10.2 Å². The van der Waals surface area contributed by atoms with E-state index in [4.69, 9.17) is 4.74 Å². The van der Waals surface area contributed by atoms with Crippen molar-refractivity contribution in [3.05, 3.63) is 106 Å². The Morgan fingerprint density at radius 1 is 1.00 bits per heavy atom. The van der Waals surface area contributed by atoms with E-state index >= 15 is 0 Å². The molecule has 37 heavy (non-hydrogen) atoms. The first kappa shape index (κ1) is 24.2. The molecule has 1 N–H and O–H groups in total. The van der Waals surface area contributed by atoms with Gasteiger partial charge in [-0.25, -0.2) is 14.5 Å². The van der Waals surface area contributed by atoms with E-state index in [0.717, 1.165) is 21.4 Å². The number of hydrogen-bond acceptors (Lipinski definition) is 5. The zero-order chi connectivity index (χ0) is 26.1. The summed E-state index contributed by atoms with van der Waals surface area (Å²) in [4.78, 5) is 51.5. The number of para-hydroxylation sites is 1. The lowest BCUT2D eigenvalue weighted by Crippen LogP contribution is -2.54. The fraction of sp³-hybridized carbons (Fsp3) is 0.0714. The fourth-order valence-corrected chi connectivity index (χ4v) is 4.68. The topological polar surface area (TPSA) is 97.7 Å². The summed E-state index contributed by atoms with van der Waals surface area (Å²) >= 11 is 3.34. The van der Waals surface area contributed by atoms with Gasteiger partial charge in [0.05, 0.1) is 18.4 Å². The number of imide groups is 2. The number of halogens is 1. The molecule has 1 aliphatic rings. The highest BCUT2D eigenvalue weighted by molar-refractivity contribution is 9.10. The molecule has 0 spiro atoms. The molecule has 5 rings (SSSR count). The number of nitrogens with zero attached hydrogens (tertiary/aromatic N) is 2. The van der Waals surface area contributed by atoms with E-state index in [2.05, 4.69) is 21.2 Å². The monoisotopic (exact) mass is 557 g/mol. The van der Waals surface area contributed by atoms with Gasteiger partial charge >= 0.3 is 12.0 Å². The van der Waals surface area contributed by atoms with Gasteiger partial charge in [0.2, 0.25) is 0 Å². The molecular weight excluding hydrogens is 538 g/mol. The van der Waals surface area contributed by atoms with Crippen LogP contribution >= 0.6 is 15.9 Å². The van der Waals surface area contributed by atoms with Gasteiger partial charge in [-0.3, -0.25) is 14.9 Å². The highest BCUT2D eigenvalue weighted by Gasteiger charge is 2.37. The van der Waals surface area contributed by atoms with Crippen LogP contribution in [-0.2, 0) is 20.9 Å². The summed E-state index contributed by atoms with van der Waals surface area (Å²) in [6.45, 7) is 0.442. The molecule has 1 saturated heterocycles. The molecule has 4 amide bonds. The molecule has 3 aromatic carbocycles. The summed E-state index contributed by atoms with van der Waals surface area (Å²) in [5, 5.41) is 3.08. The molecular formula is C28H20BrN3O5. The molecule has 1 aromatic heterocycles. The first-order valence-electron chi connectivity index (χ1n) is 11.3. The minimum atomic E-state index is -0.807. The summed E-state index contributed by atoms with van der Waals surface area (Å²) < 4.78 is 7.48. The number of anilines is 1. The molecule has 0 atom stereocenters. The molecule has 0 aliphatic carbocycles. The van der Waals surface area contributed by atoms with Crippen molar-refractivity contribution in [2.24, 2.45) is 0 Å². The quantitative estimate of drug-likeness (QED) is 0.214. The van der Waals surface area contributed by atoms with E-state index in [1.807, 2.05) is 41.1 Å². The third-order valence-electron chi connectivity index (χ3n) is 5.99. The predicted molar refractivity (Wildman–Crippen MR) is 142 cm³/mol. The molecule has 4 aromatic rings. The number of amides is 4. The molecule has 1 aliphatic heterocycles. The van der Waals surface area contributed by atoms with E-state index in [0.29, 0.717) is 27.8 Å². The van der Waals surface area contributed by atoms with Crippen molar-refractivity contribution in [1.82, 2.24) is 9.88 Å². The van der Waals surface area contributed by atoms with E-state index in [9.17, 15) is 19.2 Å². The molecule has 8 nitrogen and oxygen atoms in total. The Balaban J connectivity index is 1.55. The predicted octanol–water partition coefficient (Wildman–Crippen LogP) is 4.91. The highest BCUT2D eigenvalue weighted by Crippen LogP contribution is 2.28. The molecule has 0 saturated carbocycles. The van der Waals surface area contributed by atoms with Gasteiger partial charge in [-0.05, 0) is 48.0 Å². The van der Waals surface area contributed by atoms with Gasteiger partial charge in [-0.15, -0.1) is 0 Å². The van der Waals surface area contributed by atoms with Crippen molar-refractivity contribution in [3.8, 4) is 0 Å². The number of benzene rings is 3. The third-order valence-corrected chi connectivity index (χ3v) is 6.48. The van der Waals surface area contributed by atoms with Crippen molar-refractivity contribution in [2.75, 3.05) is 12.0 Å². The first-order valence-corrected chi connectivity index (χ1v) is 12.1. The van der Waals surface area contributed by atoms with Gasteiger partial charge in [0, 0.05) is 33.7 Å². The van der Waals surface area contributed by atoms with Crippen molar-refractivity contribution >= 4 is 62.4 Å². The lowest BCUT2D eigenvalue weighted by molar-refractivity contribution is -0.122. The molecule has 0 radical (unpaired) electrons. The second-order valence-corrected chi connectivity index (χ2v) is 9.27. The Morgan fingerprint density at radius 3 is 2.57 bits per heavy atom. The van der Waals surface area contributed by atoms with Gasteiger partial charge < -0.3 is 9.30 Å². The first-order chi connectivity index (χ1) is 17.9. The number of rotatable bonds is 5. The number of aromatic nitrogens is 1. The zero-order valence-corrected chi connectivity index (χ0v) is 21.2. The Morgan fingerprint density at radius 2 is 1.78 bits per heavy atom. The summed E-state index contributed by atoms with van der Waals surface area (Å²) in [5.74, 6) is -1.89. The number of ether oxygens (including phenoxy) is 1. The zero-order valence-electron chi connectivity index (χ0n) is 19.6. The summed E-state index contributed by atoms with van der Waals surface area (Å²) in [6, 6.07) is 20.6. The largest absolute Gasteiger partial charge is 0.465 e. The number of methoxy groups -OCH3 is 1. The van der Waals surface area contributed by atoms with E-state index in [1.54, 1.807) is 42.5 Å². The van der Waals surface area contributed by atoms with Crippen LogP contribution in [0.25, 0.3) is 17.0 Å².